The zero-order valence-corrected chi connectivity index (χ0v) is 15.4. The number of aliphatic carboxylic acids is 3. The van der Waals surface area contributed by atoms with Gasteiger partial charge in [-0.25, -0.2) is 14.4 Å². The molecule has 0 rings (SSSR count). The molecule has 0 aliphatic carbocycles. The maximum atomic E-state index is 12.1. The van der Waals surface area contributed by atoms with Crippen molar-refractivity contribution in [2.24, 2.45) is 0 Å². The van der Waals surface area contributed by atoms with Crippen molar-refractivity contribution < 1.29 is 74.3 Å². The van der Waals surface area contributed by atoms with Crippen LogP contribution in [0.25, 0.3) is 0 Å². The fourth-order valence-electron chi connectivity index (χ4n) is 1.95. The molecule has 0 aromatic heterocycles. The molecule has 0 aromatic rings. The number of hydrogen-bond donors (Lipinski definition) is 8. The number of carbonyl (C=O) groups is 5. The number of carboxylic acids is 3. The summed E-state index contributed by atoms with van der Waals surface area (Å²) in [4.78, 5) is 56.6. The van der Waals surface area contributed by atoms with Crippen molar-refractivity contribution >= 4 is 29.8 Å². The van der Waals surface area contributed by atoms with E-state index in [-0.39, 0.29) is 0 Å². The fraction of sp³-hybridized carbons (Fsp3) is 0.667. The predicted molar refractivity (Wildman–Crippen MR) is 87.6 cm³/mol. The van der Waals surface area contributed by atoms with Gasteiger partial charge in [-0.3, -0.25) is 9.59 Å². The average molecular weight is 442 g/mol. The Morgan fingerprint density at radius 3 is 1.83 bits per heavy atom. The van der Waals surface area contributed by atoms with E-state index in [1.54, 1.807) is 0 Å². The van der Waals surface area contributed by atoms with E-state index in [2.05, 4.69) is 9.47 Å². The number of carbonyl (C=O) groups excluding carboxylic acids is 2. The summed E-state index contributed by atoms with van der Waals surface area (Å²) in [5.74, 6) is -9.08. The van der Waals surface area contributed by atoms with Gasteiger partial charge in [0.05, 0.1) is 19.4 Å². The van der Waals surface area contributed by atoms with Crippen LogP contribution < -0.4 is 0 Å². The summed E-state index contributed by atoms with van der Waals surface area (Å²) >= 11 is 0. The molecule has 172 valence electrons. The second kappa shape index (κ2) is 11.4. The highest BCUT2D eigenvalue weighted by Gasteiger charge is 2.45. The Balaban J connectivity index is 5.66. The molecular weight excluding hydrogens is 420 g/mol. The van der Waals surface area contributed by atoms with Crippen LogP contribution in [0.5, 0.6) is 0 Å². The second-order valence-electron chi connectivity index (χ2n) is 6.14. The summed E-state index contributed by atoms with van der Waals surface area (Å²) in [6, 6.07) is 0. The fourth-order valence-corrected chi connectivity index (χ4v) is 1.95. The maximum Gasteiger partial charge on any atom is 0.351 e. The minimum Gasteiger partial charge on any atom is -0.481 e. The smallest absolute Gasteiger partial charge is 0.351 e. The maximum absolute atomic E-state index is 12.1. The van der Waals surface area contributed by atoms with Gasteiger partial charge in [0.15, 0.2) is 11.7 Å². The Kier molecular flexibility index (Phi) is 10.3. The van der Waals surface area contributed by atoms with Crippen molar-refractivity contribution in [1.29, 1.82) is 0 Å². The first-order valence-electron chi connectivity index (χ1n) is 8.11. The van der Waals surface area contributed by atoms with Crippen molar-refractivity contribution in [2.75, 3.05) is 6.61 Å². The van der Waals surface area contributed by atoms with Crippen LogP contribution in [0, 0.1) is 0 Å². The van der Waals surface area contributed by atoms with E-state index in [0.29, 0.717) is 0 Å². The highest BCUT2D eigenvalue weighted by atomic mass is 16.6. The minimum atomic E-state index is -3.17. The van der Waals surface area contributed by atoms with Crippen LogP contribution in [-0.4, -0.2) is 113 Å². The molecule has 30 heavy (non-hydrogen) atoms. The van der Waals surface area contributed by atoms with Gasteiger partial charge in [0.2, 0.25) is 6.10 Å². The van der Waals surface area contributed by atoms with Crippen LogP contribution in [0.15, 0.2) is 0 Å². The lowest BCUT2D eigenvalue weighted by atomic mass is 9.95. The SMILES string of the molecule is CC(OC(=O)[C@H](OC(=O)CC(O)(CC(=O)O)C(=O)O)[C@@H](O)[C@H](O)[C@H](O)CO)C(=O)O. The molecule has 0 aliphatic heterocycles. The molecule has 0 fully saturated rings. The van der Waals surface area contributed by atoms with Crippen LogP contribution in [0.3, 0.4) is 0 Å². The number of rotatable bonds is 13. The Labute approximate surface area is 167 Å². The first-order chi connectivity index (χ1) is 13.7. The van der Waals surface area contributed by atoms with Gasteiger partial charge in [0.1, 0.15) is 18.3 Å². The molecule has 0 aromatic carbocycles. The van der Waals surface area contributed by atoms with Crippen LogP contribution in [0.4, 0.5) is 0 Å². The van der Waals surface area contributed by atoms with Crippen molar-refractivity contribution in [1.82, 2.24) is 0 Å². The summed E-state index contributed by atoms with van der Waals surface area (Å²) in [6.07, 6.45) is -14.2. The molecule has 0 bridgehead atoms. The third-order valence-electron chi connectivity index (χ3n) is 3.65. The molecule has 15 nitrogen and oxygen atoms in total. The molecule has 6 atom stereocenters. The van der Waals surface area contributed by atoms with Crippen LogP contribution in [0.1, 0.15) is 19.8 Å². The third-order valence-corrected chi connectivity index (χ3v) is 3.65. The molecule has 0 saturated carbocycles. The summed E-state index contributed by atoms with van der Waals surface area (Å²) in [7, 11) is 0. The van der Waals surface area contributed by atoms with Crippen molar-refractivity contribution in [2.45, 2.75) is 55.9 Å². The quantitative estimate of drug-likeness (QED) is 0.125. The normalized spacial score (nSPS) is 18.1. The summed E-state index contributed by atoms with van der Waals surface area (Å²) in [5, 5.41) is 74.0. The number of hydrogen-bond acceptors (Lipinski definition) is 12. The molecule has 0 aliphatic rings. The first kappa shape index (κ1) is 27.1. The lowest BCUT2D eigenvalue weighted by Crippen LogP contribution is -2.52. The van der Waals surface area contributed by atoms with Crippen molar-refractivity contribution in [3.05, 3.63) is 0 Å². The van der Waals surface area contributed by atoms with Crippen molar-refractivity contribution in [3.63, 3.8) is 0 Å². The van der Waals surface area contributed by atoms with Gasteiger partial charge in [0, 0.05) is 0 Å². The van der Waals surface area contributed by atoms with Gasteiger partial charge in [-0.05, 0) is 6.92 Å². The molecule has 0 spiro atoms. The van der Waals surface area contributed by atoms with E-state index in [4.69, 9.17) is 20.4 Å². The molecule has 8 N–H and O–H groups in total. The zero-order chi connectivity index (χ0) is 23.8. The van der Waals surface area contributed by atoms with Gasteiger partial charge >= 0.3 is 29.8 Å². The van der Waals surface area contributed by atoms with Crippen LogP contribution in [-0.2, 0) is 33.4 Å². The number of ether oxygens (including phenoxy) is 2. The van der Waals surface area contributed by atoms with E-state index >= 15 is 0 Å². The Morgan fingerprint density at radius 1 is 0.900 bits per heavy atom. The van der Waals surface area contributed by atoms with E-state index in [0.717, 1.165) is 6.92 Å². The minimum absolute atomic E-state index is 0.876. The molecule has 15 heteroatoms. The van der Waals surface area contributed by atoms with Gasteiger partial charge in [-0.1, -0.05) is 0 Å². The summed E-state index contributed by atoms with van der Waals surface area (Å²) in [5.41, 5.74) is -3.17. The Morgan fingerprint density at radius 2 is 1.43 bits per heavy atom. The second-order valence-corrected chi connectivity index (χ2v) is 6.14. The third kappa shape index (κ3) is 7.88. The van der Waals surface area contributed by atoms with Gasteiger partial charge < -0.3 is 50.3 Å². The topological polar surface area (TPSA) is 266 Å². The standard InChI is InChI=1S/C15H22O15/c1-5(12(23)24)29-13(25)11(10(22)9(21)6(17)4-16)30-8(20)3-15(28,14(26)27)2-7(18)19/h5-6,9-11,16-17,21-22,28H,2-4H2,1H3,(H,18,19)(H,23,24)(H,26,27)/t5?,6-,9-,10+,11-,15?/m1/s1. The number of aliphatic hydroxyl groups is 5. The number of carboxylic acid groups (broad SMARTS) is 3. The van der Waals surface area contributed by atoms with E-state index < -0.39 is 85.4 Å². The summed E-state index contributed by atoms with van der Waals surface area (Å²) in [6.45, 7) is -0.239. The highest BCUT2D eigenvalue weighted by Crippen LogP contribution is 2.19. The number of aliphatic hydroxyl groups excluding tert-OH is 4. The Bertz CT molecular complexity index is 660. The molecule has 0 saturated heterocycles. The lowest BCUT2D eigenvalue weighted by molar-refractivity contribution is -0.194. The first-order valence-corrected chi connectivity index (χ1v) is 8.11. The van der Waals surface area contributed by atoms with Crippen LogP contribution >= 0.6 is 0 Å². The molecule has 0 amide bonds. The lowest BCUT2D eigenvalue weighted by Gasteiger charge is -2.28. The Hall–Kier alpha value is -2.85. The molecular formula is C15H22O15. The van der Waals surface area contributed by atoms with E-state index in [1.165, 1.54) is 0 Å². The molecule has 2 unspecified atom stereocenters. The van der Waals surface area contributed by atoms with Crippen LogP contribution in [0.2, 0.25) is 0 Å². The average Bonchev–Trinajstić information content (AvgIpc) is 2.62. The highest BCUT2D eigenvalue weighted by molar-refractivity contribution is 5.89. The van der Waals surface area contributed by atoms with Crippen molar-refractivity contribution in [3.8, 4) is 0 Å². The van der Waals surface area contributed by atoms with Gasteiger partial charge in [-0.15, -0.1) is 0 Å². The zero-order valence-electron chi connectivity index (χ0n) is 15.4. The predicted octanol–water partition coefficient (Wildman–Crippen LogP) is -4.33. The number of esters is 2. The van der Waals surface area contributed by atoms with Gasteiger partial charge in [-0.2, -0.15) is 0 Å². The summed E-state index contributed by atoms with van der Waals surface area (Å²) < 4.78 is 8.87. The molecule has 0 radical (unpaired) electrons. The van der Waals surface area contributed by atoms with E-state index in [1.807, 2.05) is 0 Å². The van der Waals surface area contributed by atoms with Gasteiger partial charge in [0.25, 0.3) is 0 Å². The monoisotopic (exact) mass is 442 g/mol. The largest absolute Gasteiger partial charge is 0.481 e. The van der Waals surface area contributed by atoms with E-state index in [9.17, 15) is 44.4 Å². The molecule has 0 heterocycles.